The van der Waals surface area contributed by atoms with Gasteiger partial charge in [0.25, 0.3) is 0 Å². The Kier molecular flexibility index (Phi) is 3.49. The Balaban J connectivity index is 2.09. The van der Waals surface area contributed by atoms with Crippen LogP contribution in [0.25, 0.3) is 0 Å². The van der Waals surface area contributed by atoms with Gasteiger partial charge in [-0.2, -0.15) is 0 Å². The fourth-order valence-electron chi connectivity index (χ4n) is 1.54. The van der Waals surface area contributed by atoms with Crippen LogP contribution < -0.4 is 5.32 Å². The zero-order chi connectivity index (χ0) is 12.3. The molecule has 0 saturated heterocycles. The fourth-order valence-corrected chi connectivity index (χ4v) is 1.74. The number of benzene rings is 1. The number of hydrogen-bond acceptors (Lipinski definition) is 3. The molecular formula is C13H13ClN2O. The largest absolute Gasteiger partial charge is 0.508 e. The summed E-state index contributed by atoms with van der Waals surface area (Å²) >= 11 is 5.87. The summed E-state index contributed by atoms with van der Waals surface area (Å²) in [4.78, 5) is 4.09. The first kappa shape index (κ1) is 11.7. The van der Waals surface area contributed by atoms with Crippen molar-refractivity contribution < 1.29 is 5.11 Å². The molecule has 0 radical (unpaired) electrons. The highest BCUT2D eigenvalue weighted by Crippen LogP contribution is 2.22. The van der Waals surface area contributed by atoms with Gasteiger partial charge in [0.15, 0.2) is 0 Å². The molecule has 0 aliphatic rings. The van der Waals surface area contributed by atoms with Crippen molar-refractivity contribution in [2.45, 2.75) is 13.5 Å². The summed E-state index contributed by atoms with van der Waals surface area (Å²) in [5.74, 6) is 0.238. The van der Waals surface area contributed by atoms with Crippen LogP contribution in [0.2, 0.25) is 5.02 Å². The monoisotopic (exact) mass is 248 g/mol. The number of rotatable bonds is 3. The summed E-state index contributed by atoms with van der Waals surface area (Å²) in [5.41, 5.74) is 2.77. The molecule has 1 aromatic carbocycles. The molecule has 1 heterocycles. The van der Waals surface area contributed by atoms with Gasteiger partial charge < -0.3 is 10.4 Å². The summed E-state index contributed by atoms with van der Waals surface area (Å²) in [6, 6.07) is 6.99. The highest BCUT2D eigenvalue weighted by molar-refractivity contribution is 6.30. The molecule has 4 heteroatoms. The molecule has 0 amide bonds. The summed E-state index contributed by atoms with van der Waals surface area (Å²) in [5, 5.41) is 13.5. The van der Waals surface area contributed by atoms with E-state index in [-0.39, 0.29) is 5.75 Å². The Morgan fingerprint density at radius 1 is 1.29 bits per heavy atom. The Labute approximate surface area is 105 Å². The molecule has 0 unspecified atom stereocenters. The van der Waals surface area contributed by atoms with Gasteiger partial charge in [-0.3, -0.25) is 4.98 Å². The van der Waals surface area contributed by atoms with E-state index in [2.05, 4.69) is 10.3 Å². The smallest absolute Gasteiger partial charge is 0.120 e. The van der Waals surface area contributed by atoms with Crippen LogP contribution in [0.3, 0.4) is 0 Å². The number of aromatic hydroxyl groups is 1. The standard InChI is InChI=1S/C13H13ClN2O/c1-9-4-12(8-15-6-9)16-7-10-5-11(14)2-3-13(10)17/h2-6,8,16-17H,7H2,1H3. The van der Waals surface area contributed by atoms with Crippen molar-refractivity contribution >= 4 is 17.3 Å². The van der Waals surface area contributed by atoms with Crippen molar-refractivity contribution in [3.8, 4) is 5.75 Å². The average Bonchev–Trinajstić information content (AvgIpc) is 2.30. The molecule has 17 heavy (non-hydrogen) atoms. The minimum Gasteiger partial charge on any atom is -0.508 e. The lowest BCUT2D eigenvalue weighted by Gasteiger charge is -2.08. The van der Waals surface area contributed by atoms with Crippen LogP contribution in [0.4, 0.5) is 5.69 Å². The van der Waals surface area contributed by atoms with E-state index < -0.39 is 0 Å². The molecule has 2 rings (SSSR count). The molecule has 0 bridgehead atoms. The predicted molar refractivity (Wildman–Crippen MR) is 69.4 cm³/mol. The second-order valence-electron chi connectivity index (χ2n) is 3.88. The maximum atomic E-state index is 9.65. The molecule has 0 spiro atoms. The third-order valence-corrected chi connectivity index (χ3v) is 2.63. The van der Waals surface area contributed by atoms with E-state index in [9.17, 15) is 5.11 Å². The third kappa shape index (κ3) is 3.11. The normalized spacial score (nSPS) is 10.2. The van der Waals surface area contributed by atoms with E-state index in [0.29, 0.717) is 11.6 Å². The van der Waals surface area contributed by atoms with Crippen molar-refractivity contribution in [1.82, 2.24) is 4.98 Å². The van der Waals surface area contributed by atoms with Crippen molar-refractivity contribution in [2.24, 2.45) is 0 Å². The van der Waals surface area contributed by atoms with Gasteiger partial charge in [0.2, 0.25) is 0 Å². The number of halogens is 1. The van der Waals surface area contributed by atoms with Gasteiger partial charge in [0.05, 0.1) is 5.69 Å². The van der Waals surface area contributed by atoms with E-state index in [4.69, 9.17) is 11.6 Å². The van der Waals surface area contributed by atoms with E-state index >= 15 is 0 Å². The molecule has 0 saturated carbocycles. The third-order valence-electron chi connectivity index (χ3n) is 2.40. The van der Waals surface area contributed by atoms with Gasteiger partial charge in [-0.1, -0.05) is 11.6 Å². The minimum atomic E-state index is 0.238. The summed E-state index contributed by atoms with van der Waals surface area (Å²) in [6.45, 7) is 2.49. The molecule has 0 aliphatic heterocycles. The number of phenolic OH excluding ortho intramolecular Hbond substituents is 1. The number of anilines is 1. The first-order valence-corrected chi connectivity index (χ1v) is 5.66. The van der Waals surface area contributed by atoms with Crippen LogP contribution >= 0.6 is 11.6 Å². The van der Waals surface area contributed by atoms with E-state index in [1.54, 1.807) is 30.6 Å². The van der Waals surface area contributed by atoms with Crippen LogP contribution in [0.15, 0.2) is 36.7 Å². The van der Waals surface area contributed by atoms with E-state index in [1.165, 1.54) is 0 Å². The summed E-state index contributed by atoms with van der Waals surface area (Å²) in [6.07, 6.45) is 3.54. The predicted octanol–water partition coefficient (Wildman–Crippen LogP) is 3.36. The van der Waals surface area contributed by atoms with Gasteiger partial charge in [0.1, 0.15) is 5.75 Å². The molecule has 2 N–H and O–H groups in total. The van der Waals surface area contributed by atoms with Crippen molar-refractivity contribution in [1.29, 1.82) is 0 Å². The van der Waals surface area contributed by atoms with Crippen molar-refractivity contribution in [2.75, 3.05) is 5.32 Å². The topological polar surface area (TPSA) is 45.2 Å². The van der Waals surface area contributed by atoms with Crippen LogP contribution in [-0.2, 0) is 6.54 Å². The molecule has 2 aromatic rings. The number of nitrogens with zero attached hydrogens (tertiary/aromatic N) is 1. The number of nitrogens with one attached hydrogen (secondary N) is 1. The number of pyridine rings is 1. The quantitative estimate of drug-likeness (QED) is 0.876. The van der Waals surface area contributed by atoms with Crippen LogP contribution in [0.5, 0.6) is 5.75 Å². The van der Waals surface area contributed by atoms with Gasteiger partial charge in [0, 0.05) is 29.5 Å². The molecule has 0 aliphatic carbocycles. The van der Waals surface area contributed by atoms with E-state index in [0.717, 1.165) is 16.8 Å². The number of aryl methyl sites for hydroxylation is 1. The highest BCUT2D eigenvalue weighted by Gasteiger charge is 2.02. The highest BCUT2D eigenvalue weighted by atomic mass is 35.5. The van der Waals surface area contributed by atoms with Crippen LogP contribution in [-0.4, -0.2) is 10.1 Å². The minimum absolute atomic E-state index is 0.238. The molecule has 0 atom stereocenters. The Morgan fingerprint density at radius 3 is 2.88 bits per heavy atom. The lowest BCUT2D eigenvalue weighted by molar-refractivity contribution is 0.469. The lowest BCUT2D eigenvalue weighted by atomic mass is 10.2. The van der Waals surface area contributed by atoms with Gasteiger partial charge in [-0.15, -0.1) is 0 Å². The van der Waals surface area contributed by atoms with Crippen molar-refractivity contribution in [3.05, 3.63) is 52.8 Å². The molecule has 0 fully saturated rings. The zero-order valence-corrected chi connectivity index (χ0v) is 10.2. The van der Waals surface area contributed by atoms with Crippen molar-refractivity contribution in [3.63, 3.8) is 0 Å². The zero-order valence-electron chi connectivity index (χ0n) is 9.44. The maximum Gasteiger partial charge on any atom is 0.120 e. The fraction of sp³-hybridized carbons (Fsp3) is 0.154. The Bertz CT molecular complexity index is 529. The SMILES string of the molecule is Cc1cncc(NCc2cc(Cl)ccc2O)c1. The maximum absolute atomic E-state index is 9.65. The van der Waals surface area contributed by atoms with Crippen LogP contribution in [0, 0.1) is 6.92 Å². The molecular weight excluding hydrogens is 236 g/mol. The average molecular weight is 249 g/mol. The molecule has 3 nitrogen and oxygen atoms in total. The first-order chi connectivity index (χ1) is 8.15. The lowest BCUT2D eigenvalue weighted by Crippen LogP contribution is -2.00. The summed E-state index contributed by atoms with van der Waals surface area (Å²) < 4.78 is 0. The van der Waals surface area contributed by atoms with Crippen LogP contribution in [0.1, 0.15) is 11.1 Å². The first-order valence-electron chi connectivity index (χ1n) is 5.28. The second kappa shape index (κ2) is 5.06. The van der Waals surface area contributed by atoms with Gasteiger partial charge in [-0.25, -0.2) is 0 Å². The number of hydrogen-bond donors (Lipinski definition) is 2. The number of aromatic nitrogens is 1. The Morgan fingerprint density at radius 2 is 2.12 bits per heavy atom. The molecule has 1 aromatic heterocycles. The van der Waals surface area contributed by atoms with Gasteiger partial charge in [-0.05, 0) is 36.8 Å². The summed E-state index contributed by atoms with van der Waals surface area (Å²) in [7, 11) is 0. The Hall–Kier alpha value is -1.74. The second-order valence-corrected chi connectivity index (χ2v) is 4.31. The number of phenols is 1. The van der Waals surface area contributed by atoms with E-state index in [1.807, 2.05) is 13.0 Å². The molecule has 88 valence electrons. The van der Waals surface area contributed by atoms with Gasteiger partial charge >= 0.3 is 0 Å².